The van der Waals surface area contributed by atoms with Crippen LogP contribution in [0.15, 0.2) is 24.3 Å². The Balaban J connectivity index is 2.32. The molecule has 0 saturated heterocycles. The fraction of sp³-hybridized carbons (Fsp3) is 0.200. The molecule has 0 saturated carbocycles. The number of likely N-dealkylation sites (N-methyl/N-ethyl adjacent to an activating group) is 1. The Morgan fingerprint density at radius 3 is 2.93 bits per heavy atom. The third-order valence-electron chi connectivity index (χ3n) is 2.00. The second-order valence-electron chi connectivity index (χ2n) is 3.29. The highest BCUT2D eigenvalue weighted by Crippen LogP contribution is 2.27. The first-order valence-electron chi connectivity index (χ1n) is 4.52. The second kappa shape index (κ2) is 3.86. The van der Waals surface area contributed by atoms with Crippen molar-refractivity contribution in [1.82, 2.24) is 4.98 Å². The molecule has 1 aromatic carbocycles. The molecule has 0 spiro atoms. The average molecular weight is 221 g/mol. The largest absolute Gasteiger partial charge is 0.368 e. The molecule has 1 amide bonds. The Morgan fingerprint density at radius 2 is 2.27 bits per heavy atom. The van der Waals surface area contributed by atoms with E-state index in [1.54, 1.807) is 16.2 Å². The van der Waals surface area contributed by atoms with Gasteiger partial charge in [-0.1, -0.05) is 23.5 Å². The summed E-state index contributed by atoms with van der Waals surface area (Å²) in [6, 6.07) is 7.88. The number of primary amides is 1. The number of amides is 1. The minimum atomic E-state index is -0.350. The highest BCUT2D eigenvalue weighted by molar-refractivity contribution is 7.22. The number of thiazole rings is 1. The van der Waals surface area contributed by atoms with Crippen molar-refractivity contribution in [3.8, 4) is 0 Å². The maximum Gasteiger partial charge on any atom is 0.237 e. The highest BCUT2D eigenvalue weighted by atomic mass is 32.1. The quantitative estimate of drug-likeness (QED) is 0.847. The van der Waals surface area contributed by atoms with Crippen molar-refractivity contribution in [3.05, 3.63) is 24.3 Å². The molecule has 0 fully saturated rings. The first-order valence-corrected chi connectivity index (χ1v) is 5.33. The summed E-state index contributed by atoms with van der Waals surface area (Å²) in [6.07, 6.45) is 0. The number of benzene rings is 1. The van der Waals surface area contributed by atoms with Gasteiger partial charge in [0.25, 0.3) is 0 Å². The number of rotatable bonds is 3. The van der Waals surface area contributed by atoms with E-state index in [9.17, 15) is 4.79 Å². The molecule has 0 aliphatic heterocycles. The van der Waals surface area contributed by atoms with Gasteiger partial charge < -0.3 is 10.6 Å². The SMILES string of the molecule is CN(CC(N)=O)c1nc2ccccc2s1. The fourth-order valence-electron chi connectivity index (χ4n) is 1.32. The first kappa shape index (κ1) is 9.92. The minimum Gasteiger partial charge on any atom is -0.368 e. The van der Waals surface area contributed by atoms with Crippen LogP contribution in [0.3, 0.4) is 0 Å². The number of carbonyl (C=O) groups excluding carboxylic acids is 1. The lowest BCUT2D eigenvalue weighted by Gasteiger charge is -2.11. The molecule has 1 heterocycles. The van der Waals surface area contributed by atoms with Crippen LogP contribution >= 0.6 is 11.3 Å². The molecular formula is C10H11N3OS. The molecule has 2 rings (SSSR count). The summed E-state index contributed by atoms with van der Waals surface area (Å²) in [6.45, 7) is 0.194. The van der Waals surface area contributed by atoms with E-state index in [0.29, 0.717) is 0 Å². The molecule has 78 valence electrons. The zero-order valence-electron chi connectivity index (χ0n) is 8.30. The lowest BCUT2D eigenvalue weighted by molar-refractivity contribution is -0.116. The van der Waals surface area contributed by atoms with Gasteiger partial charge in [0, 0.05) is 7.05 Å². The van der Waals surface area contributed by atoms with Gasteiger partial charge in [-0.05, 0) is 12.1 Å². The summed E-state index contributed by atoms with van der Waals surface area (Å²) in [5.41, 5.74) is 6.07. The molecule has 1 aromatic heterocycles. The maximum atomic E-state index is 10.8. The number of fused-ring (bicyclic) bond motifs is 1. The van der Waals surface area contributed by atoms with Gasteiger partial charge in [0.05, 0.1) is 16.8 Å². The van der Waals surface area contributed by atoms with Crippen molar-refractivity contribution in [2.45, 2.75) is 0 Å². The van der Waals surface area contributed by atoms with E-state index >= 15 is 0 Å². The Morgan fingerprint density at radius 1 is 1.53 bits per heavy atom. The number of hydrogen-bond donors (Lipinski definition) is 1. The molecule has 0 aliphatic carbocycles. The van der Waals surface area contributed by atoms with Crippen molar-refractivity contribution in [3.63, 3.8) is 0 Å². The Bertz CT molecular complexity index is 461. The molecule has 15 heavy (non-hydrogen) atoms. The van der Waals surface area contributed by atoms with E-state index in [1.165, 1.54) is 0 Å². The number of aromatic nitrogens is 1. The molecule has 4 nitrogen and oxygen atoms in total. The standard InChI is InChI=1S/C10H11N3OS/c1-13(6-9(11)14)10-12-7-4-2-3-5-8(7)15-10/h2-5H,6H2,1H3,(H2,11,14). The van der Waals surface area contributed by atoms with E-state index in [1.807, 2.05) is 31.3 Å². The predicted molar refractivity (Wildman–Crippen MR) is 62.1 cm³/mol. The zero-order valence-corrected chi connectivity index (χ0v) is 9.12. The summed E-state index contributed by atoms with van der Waals surface area (Å²) in [7, 11) is 1.81. The van der Waals surface area contributed by atoms with E-state index in [4.69, 9.17) is 5.73 Å². The summed E-state index contributed by atoms with van der Waals surface area (Å²) in [5, 5.41) is 0.815. The first-order chi connectivity index (χ1) is 7.16. The van der Waals surface area contributed by atoms with E-state index in [-0.39, 0.29) is 12.5 Å². The van der Waals surface area contributed by atoms with E-state index in [2.05, 4.69) is 4.98 Å². The van der Waals surface area contributed by atoms with Gasteiger partial charge in [-0.15, -0.1) is 0 Å². The van der Waals surface area contributed by atoms with Crippen LogP contribution in [0.1, 0.15) is 0 Å². The topological polar surface area (TPSA) is 59.2 Å². The van der Waals surface area contributed by atoms with Gasteiger partial charge in [-0.2, -0.15) is 0 Å². The van der Waals surface area contributed by atoms with Crippen LogP contribution in [0.2, 0.25) is 0 Å². The summed E-state index contributed by atoms with van der Waals surface area (Å²) < 4.78 is 1.11. The Kier molecular flexibility index (Phi) is 2.55. The Labute approximate surface area is 91.3 Å². The van der Waals surface area contributed by atoms with Crippen molar-refractivity contribution in [2.24, 2.45) is 5.73 Å². The van der Waals surface area contributed by atoms with E-state index in [0.717, 1.165) is 15.3 Å². The van der Waals surface area contributed by atoms with Crippen molar-refractivity contribution in [2.75, 3.05) is 18.5 Å². The maximum absolute atomic E-state index is 10.8. The molecule has 0 atom stereocenters. The predicted octanol–water partition coefficient (Wildman–Crippen LogP) is 1.22. The van der Waals surface area contributed by atoms with Crippen molar-refractivity contribution < 1.29 is 4.79 Å². The van der Waals surface area contributed by atoms with Crippen LogP contribution in [0.5, 0.6) is 0 Å². The monoisotopic (exact) mass is 221 g/mol. The van der Waals surface area contributed by atoms with Crippen molar-refractivity contribution >= 4 is 32.6 Å². The third-order valence-corrected chi connectivity index (χ3v) is 3.15. The van der Waals surface area contributed by atoms with Crippen LogP contribution in [-0.4, -0.2) is 24.5 Å². The lowest BCUT2D eigenvalue weighted by atomic mass is 10.3. The van der Waals surface area contributed by atoms with Crippen LogP contribution < -0.4 is 10.6 Å². The van der Waals surface area contributed by atoms with Gasteiger partial charge in [-0.25, -0.2) is 4.98 Å². The number of nitrogens with two attached hydrogens (primary N) is 1. The van der Waals surface area contributed by atoms with Gasteiger partial charge in [0.15, 0.2) is 5.13 Å². The number of anilines is 1. The minimum absolute atomic E-state index is 0.194. The highest BCUT2D eigenvalue weighted by Gasteiger charge is 2.09. The molecule has 0 unspecified atom stereocenters. The zero-order chi connectivity index (χ0) is 10.8. The molecule has 2 N–H and O–H groups in total. The second-order valence-corrected chi connectivity index (χ2v) is 4.30. The molecule has 0 radical (unpaired) electrons. The van der Waals surface area contributed by atoms with Crippen LogP contribution in [0.4, 0.5) is 5.13 Å². The normalized spacial score (nSPS) is 10.5. The molecule has 2 aromatic rings. The van der Waals surface area contributed by atoms with Gasteiger partial charge in [0.2, 0.25) is 5.91 Å². The number of hydrogen-bond acceptors (Lipinski definition) is 4. The summed E-state index contributed by atoms with van der Waals surface area (Å²) >= 11 is 1.55. The molecular weight excluding hydrogens is 210 g/mol. The van der Waals surface area contributed by atoms with Gasteiger partial charge in [0.1, 0.15) is 0 Å². The number of para-hydroxylation sites is 1. The lowest BCUT2D eigenvalue weighted by Crippen LogP contribution is -2.30. The van der Waals surface area contributed by atoms with Crippen LogP contribution in [0, 0.1) is 0 Å². The molecule has 0 aliphatic rings. The molecule has 5 heteroatoms. The Hall–Kier alpha value is -1.62. The molecule has 0 bridgehead atoms. The number of nitrogens with zero attached hydrogens (tertiary/aromatic N) is 2. The fourth-order valence-corrected chi connectivity index (χ4v) is 2.25. The van der Waals surface area contributed by atoms with Crippen LogP contribution in [0.25, 0.3) is 10.2 Å². The van der Waals surface area contributed by atoms with Gasteiger partial charge >= 0.3 is 0 Å². The third kappa shape index (κ3) is 2.07. The number of carbonyl (C=O) groups is 1. The summed E-state index contributed by atoms with van der Waals surface area (Å²) in [4.78, 5) is 16.9. The smallest absolute Gasteiger partial charge is 0.237 e. The average Bonchev–Trinajstić information content (AvgIpc) is 2.59. The van der Waals surface area contributed by atoms with E-state index < -0.39 is 0 Å². The van der Waals surface area contributed by atoms with Crippen LogP contribution in [-0.2, 0) is 4.79 Å². The van der Waals surface area contributed by atoms with Crippen molar-refractivity contribution in [1.29, 1.82) is 0 Å². The van der Waals surface area contributed by atoms with Gasteiger partial charge in [-0.3, -0.25) is 4.79 Å². The summed E-state index contributed by atoms with van der Waals surface area (Å²) in [5.74, 6) is -0.350.